The number of ether oxygens (including phenoxy) is 2. The molecule has 0 bridgehead atoms. The number of aromatic nitrogens is 3. The number of carbonyl (C=O) groups is 1. The third-order valence-electron chi connectivity index (χ3n) is 9.01. The molecule has 2 fully saturated rings. The van der Waals surface area contributed by atoms with E-state index in [1.807, 2.05) is 51.1 Å². The molecule has 46 heavy (non-hydrogen) atoms. The van der Waals surface area contributed by atoms with Crippen LogP contribution in [0.15, 0.2) is 54.8 Å². The van der Waals surface area contributed by atoms with Gasteiger partial charge in [-0.3, -0.25) is 0 Å². The van der Waals surface area contributed by atoms with Crippen LogP contribution in [0.3, 0.4) is 0 Å². The summed E-state index contributed by atoms with van der Waals surface area (Å²) in [6.07, 6.45) is 9.52. The van der Waals surface area contributed by atoms with Crippen molar-refractivity contribution in [3.8, 4) is 0 Å². The van der Waals surface area contributed by atoms with Crippen LogP contribution in [0.4, 0.5) is 10.6 Å². The number of halogens is 1. The van der Waals surface area contributed by atoms with E-state index in [9.17, 15) is 13.2 Å². The van der Waals surface area contributed by atoms with Crippen molar-refractivity contribution in [2.75, 3.05) is 38.2 Å². The van der Waals surface area contributed by atoms with Crippen LogP contribution >= 0.6 is 11.6 Å². The van der Waals surface area contributed by atoms with Crippen molar-refractivity contribution in [1.29, 1.82) is 0 Å². The Bertz CT molecular complexity index is 1790. The molecule has 1 aliphatic carbocycles. The molecule has 12 heteroatoms. The van der Waals surface area contributed by atoms with E-state index in [2.05, 4.69) is 10.3 Å². The Morgan fingerprint density at radius 3 is 2.70 bits per heavy atom. The number of carbonyl (C=O) groups excluding carboxylic acids is 1. The second-order valence-corrected chi connectivity index (χ2v) is 16.3. The minimum absolute atomic E-state index is 0.196. The molecule has 0 saturated carbocycles. The van der Waals surface area contributed by atoms with Gasteiger partial charge in [0.2, 0.25) is 10.0 Å². The van der Waals surface area contributed by atoms with Crippen LogP contribution in [0.1, 0.15) is 70.7 Å². The van der Waals surface area contributed by atoms with Crippen molar-refractivity contribution in [3.05, 3.63) is 71.2 Å². The first kappa shape index (κ1) is 32.5. The zero-order valence-corrected chi connectivity index (χ0v) is 28.4. The van der Waals surface area contributed by atoms with E-state index in [0.29, 0.717) is 47.5 Å². The van der Waals surface area contributed by atoms with Gasteiger partial charge in [0.1, 0.15) is 16.2 Å². The first-order chi connectivity index (χ1) is 21.8. The highest BCUT2D eigenvalue weighted by Crippen LogP contribution is 2.40. The van der Waals surface area contributed by atoms with E-state index >= 15 is 0 Å². The van der Waals surface area contributed by atoms with Crippen LogP contribution in [0.25, 0.3) is 16.6 Å². The normalized spacial score (nSPS) is 22.7. The average molecular weight is 668 g/mol. The summed E-state index contributed by atoms with van der Waals surface area (Å²) in [7, 11) is -4.01. The minimum Gasteiger partial charge on any atom is -0.444 e. The van der Waals surface area contributed by atoms with Crippen molar-refractivity contribution < 1.29 is 22.7 Å². The summed E-state index contributed by atoms with van der Waals surface area (Å²) in [5.41, 5.74) is 1.76. The van der Waals surface area contributed by atoms with Crippen LogP contribution in [0, 0.1) is 5.92 Å². The molecule has 3 aliphatic rings. The van der Waals surface area contributed by atoms with Crippen molar-refractivity contribution >= 4 is 50.1 Å². The zero-order chi connectivity index (χ0) is 32.7. The molecule has 2 aliphatic heterocycles. The maximum Gasteiger partial charge on any atom is 0.410 e. The largest absolute Gasteiger partial charge is 0.444 e. The SMILES string of the molecule is CC(C)(C)OC(=O)N1CCC(c2cc3cccnc3n2S(=O)(=O)C2(C)C=CC(c3nc(NCC4CCOCC4)ccc3Cl)=CC2)C1. The highest BCUT2D eigenvalue weighted by atomic mass is 35.5. The first-order valence-corrected chi connectivity index (χ1v) is 17.7. The molecule has 2 atom stereocenters. The lowest BCUT2D eigenvalue weighted by molar-refractivity contribution is 0.0292. The summed E-state index contributed by atoms with van der Waals surface area (Å²) < 4.78 is 40.5. The Kier molecular flexibility index (Phi) is 8.95. The molecule has 3 aromatic rings. The van der Waals surface area contributed by atoms with Crippen LogP contribution in [-0.4, -0.2) is 76.5 Å². The Balaban J connectivity index is 1.25. The number of anilines is 1. The van der Waals surface area contributed by atoms with Gasteiger partial charge in [0.05, 0.1) is 10.7 Å². The maximum absolute atomic E-state index is 14.6. The highest BCUT2D eigenvalue weighted by Gasteiger charge is 2.43. The molecular formula is C34H42ClN5O5S. The second-order valence-electron chi connectivity index (χ2n) is 13.6. The standard InChI is InChI=1S/C34H42ClN5O5S/c1-33(2,3)45-32(41)39-17-11-26(22-39)28-20-25-6-5-16-36-31(25)40(28)46(42,43)34(4)14-9-24(10-15-34)30-27(35)7-8-29(38-30)37-21-23-12-18-44-19-13-23/h5-10,14,16,20,23,26H,11-13,15,17-19,21-22H2,1-4H3,(H,37,38). The van der Waals surface area contributed by atoms with Gasteiger partial charge in [-0.1, -0.05) is 29.8 Å². The third kappa shape index (κ3) is 6.55. The van der Waals surface area contributed by atoms with Gasteiger partial charge in [0.15, 0.2) is 5.65 Å². The fourth-order valence-electron chi connectivity index (χ4n) is 6.29. The molecule has 1 amide bonds. The predicted octanol–water partition coefficient (Wildman–Crippen LogP) is 6.63. The monoisotopic (exact) mass is 667 g/mol. The first-order valence-electron chi connectivity index (χ1n) is 15.9. The predicted molar refractivity (Wildman–Crippen MR) is 181 cm³/mol. The van der Waals surface area contributed by atoms with Crippen LogP contribution in [0.5, 0.6) is 0 Å². The van der Waals surface area contributed by atoms with E-state index in [0.717, 1.165) is 49.4 Å². The lowest BCUT2D eigenvalue weighted by Gasteiger charge is -2.30. The lowest BCUT2D eigenvalue weighted by Crippen LogP contribution is -2.39. The van der Waals surface area contributed by atoms with E-state index in [-0.39, 0.29) is 12.3 Å². The number of nitrogens with one attached hydrogen (secondary N) is 1. The van der Waals surface area contributed by atoms with E-state index in [4.69, 9.17) is 26.1 Å². The third-order valence-corrected chi connectivity index (χ3v) is 11.7. The molecule has 2 unspecified atom stereocenters. The van der Waals surface area contributed by atoms with Gasteiger partial charge in [0, 0.05) is 56.0 Å². The van der Waals surface area contributed by atoms with Crippen LogP contribution in [0.2, 0.25) is 5.02 Å². The number of likely N-dealkylation sites (tertiary alicyclic amines) is 1. The second kappa shape index (κ2) is 12.7. The van der Waals surface area contributed by atoms with Gasteiger partial charge in [-0.2, -0.15) is 0 Å². The summed E-state index contributed by atoms with van der Waals surface area (Å²) in [5.74, 6) is 1.06. The molecule has 0 spiro atoms. The average Bonchev–Trinajstić information content (AvgIpc) is 3.67. The van der Waals surface area contributed by atoms with Crippen LogP contribution in [-0.2, 0) is 19.5 Å². The number of hydrogen-bond donors (Lipinski definition) is 1. The zero-order valence-electron chi connectivity index (χ0n) is 26.8. The number of pyridine rings is 2. The number of hydrogen-bond acceptors (Lipinski definition) is 8. The summed E-state index contributed by atoms with van der Waals surface area (Å²) in [5, 5.41) is 4.67. The van der Waals surface area contributed by atoms with Gasteiger partial charge in [0.25, 0.3) is 0 Å². The molecule has 5 heterocycles. The molecule has 3 aromatic heterocycles. The van der Waals surface area contributed by atoms with E-state index < -0.39 is 26.5 Å². The van der Waals surface area contributed by atoms with Gasteiger partial charge in [-0.15, -0.1) is 0 Å². The Hall–Kier alpha value is -3.41. The molecule has 6 rings (SSSR count). The van der Waals surface area contributed by atoms with Gasteiger partial charge < -0.3 is 19.7 Å². The van der Waals surface area contributed by atoms with E-state index in [1.54, 1.807) is 36.2 Å². The Morgan fingerprint density at radius 1 is 1.20 bits per heavy atom. The fraction of sp³-hybridized carbons (Fsp3) is 0.500. The minimum atomic E-state index is -4.01. The number of fused-ring (bicyclic) bond motifs is 1. The fourth-order valence-corrected chi connectivity index (χ4v) is 8.32. The molecule has 246 valence electrons. The smallest absolute Gasteiger partial charge is 0.410 e. The van der Waals surface area contributed by atoms with Crippen molar-refractivity contribution in [3.63, 3.8) is 0 Å². The van der Waals surface area contributed by atoms with Crippen molar-refractivity contribution in [1.82, 2.24) is 18.8 Å². The highest BCUT2D eigenvalue weighted by molar-refractivity contribution is 7.91. The Morgan fingerprint density at radius 2 is 1.98 bits per heavy atom. The Labute approximate surface area is 275 Å². The quantitative estimate of drug-likeness (QED) is 0.299. The number of rotatable bonds is 7. The molecule has 10 nitrogen and oxygen atoms in total. The molecule has 0 radical (unpaired) electrons. The van der Waals surface area contributed by atoms with Crippen molar-refractivity contribution in [2.45, 2.75) is 69.6 Å². The van der Waals surface area contributed by atoms with E-state index in [1.165, 1.54) is 3.97 Å². The molecule has 2 saturated heterocycles. The van der Waals surface area contributed by atoms with Gasteiger partial charge in [-0.05, 0) is 95.2 Å². The maximum atomic E-state index is 14.6. The number of nitrogens with zero attached hydrogens (tertiary/aromatic N) is 4. The topological polar surface area (TPSA) is 116 Å². The van der Waals surface area contributed by atoms with Crippen LogP contribution < -0.4 is 5.32 Å². The summed E-state index contributed by atoms with van der Waals surface area (Å²) in [6.45, 7) is 10.4. The lowest BCUT2D eigenvalue weighted by atomic mass is 9.95. The number of amides is 1. The number of allylic oxidation sites excluding steroid dienone is 3. The molecule has 1 N–H and O–H groups in total. The van der Waals surface area contributed by atoms with Crippen molar-refractivity contribution in [2.24, 2.45) is 5.92 Å². The summed E-state index contributed by atoms with van der Waals surface area (Å²) in [6, 6.07) is 9.24. The summed E-state index contributed by atoms with van der Waals surface area (Å²) in [4.78, 5) is 23.8. The summed E-state index contributed by atoms with van der Waals surface area (Å²) >= 11 is 6.60. The van der Waals surface area contributed by atoms with Gasteiger partial charge >= 0.3 is 6.09 Å². The molecular weight excluding hydrogens is 626 g/mol. The molecule has 0 aromatic carbocycles. The van der Waals surface area contributed by atoms with Gasteiger partial charge in [-0.25, -0.2) is 27.2 Å².